The summed E-state index contributed by atoms with van der Waals surface area (Å²) in [5, 5.41) is 6.67. The molecule has 1 fully saturated rings. The molecule has 1 aliphatic heterocycles. The molecule has 0 bridgehead atoms. The van der Waals surface area contributed by atoms with Crippen molar-refractivity contribution in [2.45, 2.75) is 58.4 Å². The number of carbonyl (C=O) groups is 2. The van der Waals surface area contributed by atoms with Crippen molar-refractivity contribution in [3.63, 3.8) is 0 Å². The molecule has 0 amide bonds. The summed E-state index contributed by atoms with van der Waals surface area (Å²) in [5.41, 5.74) is 2.25. The fourth-order valence-corrected chi connectivity index (χ4v) is 3.17. The molecule has 2 unspecified atom stereocenters. The third-order valence-electron chi connectivity index (χ3n) is 5.10. The van der Waals surface area contributed by atoms with Crippen LogP contribution in [0.25, 0.3) is 0 Å². The SMILES string of the molecule is CCC(C)C(=O)CC(Nc1cccc(C2CCNCC2)c1)C(C)=O. The van der Waals surface area contributed by atoms with Crippen LogP contribution in [0.2, 0.25) is 0 Å². The van der Waals surface area contributed by atoms with E-state index in [1.807, 2.05) is 26.0 Å². The normalized spacial score (nSPS) is 18.0. The van der Waals surface area contributed by atoms with E-state index in [1.54, 1.807) is 6.92 Å². The zero-order valence-corrected chi connectivity index (χ0v) is 15.1. The number of rotatable bonds is 8. The van der Waals surface area contributed by atoms with E-state index in [4.69, 9.17) is 0 Å². The highest BCUT2D eigenvalue weighted by molar-refractivity contribution is 5.91. The Kier molecular flexibility index (Phi) is 6.98. The highest BCUT2D eigenvalue weighted by Crippen LogP contribution is 2.27. The van der Waals surface area contributed by atoms with Crippen molar-refractivity contribution in [3.8, 4) is 0 Å². The summed E-state index contributed by atoms with van der Waals surface area (Å²) in [6, 6.07) is 7.88. The zero-order valence-electron chi connectivity index (χ0n) is 15.1. The van der Waals surface area contributed by atoms with Crippen LogP contribution in [0, 0.1) is 5.92 Å². The predicted octanol–water partition coefficient (Wildman–Crippen LogP) is 3.53. The number of hydrogen-bond acceptors (Lipinski definition) is 4. The first kappa shape index (κ1) is 18.7. The van der Waals surface area contributed by atoms with Gasteiger partial charge in [0.25, 0.3) is 0 Å². The standard InChI is InChI=1S/C20H30N2O2/c1-4-14(2)20(24)13-19(15(3)23)22-18-7-5-6-17(12-18)16-8-10-21-11-9-16/h5-7,12,14,16,19,21-22H,4,8-11,13H2,1-3H3. The summed E-state index contributed by atoms with van der Waals surface area (Å²) in [7, 11) is 0. The van der Waals surface area contributed by atoms with Crippen LogP contribution < -0.4 is 10.6 Å². The van der Waals surface area contributed by atoms with Gasteiger partial charge in [0.15, 0.2) is 5.78 Å². The maximum absolute atomic E-state index is 12.2. The summed E-state index contributed by atoms with van der Waals surface area (Å²) < 4.78 is 0. The molecule has 132 valence electrons. The van der Waals surface area contributed by atoms with E-state index in [1.165, 1.54) is 5.56 Å². The van der Waals surface area contributed by atoms with Gasteiger partial charge in [0, 0.05) is 18.0 Å². The van der Waals surface area contributed by atoms with Gasteiger partial charge >= 0.3 is 0 Å². The molecule has 2 N–H and O–H groups in total. The number of piperidine rings is 1. The lowest BCUT2D eigenvalue weighted by atomic mass is 9.90. The van der Waals surface area contributed by atoms with Gasteiger partial charge in [0.2, 0.25) is 0 Å². The lowest BCUT2D eigenvalue weighted by Gasteiger charge is -2.24. The third-order valence-corrected chi connectivity index (χ3v) is 5.10. The van der Waals surface area contributed by atoms with Gasteiger partial charge in [-0.1, -0.05) is 26.0 Å². The van der Waals surface area contributed by atoms with Crippen molar-refractivity contribution in [2.24, 2.45) is 5.92 Å². The van der Waals surface area contributed by atoms with Gasteiger partial charge in [0.05, 0.1) is 6.04 Å². The predicted molar refractivity (Wildman–Crippen MR) is 98.5 cm³/mol. The summed E-state index contributed by atoms with van der Waals surface area (Å²) in [6.45, 7) is 7.60. The largest absolute Gasteiger partial charge is 0.375 e. The van der Waals surface area contributed by atoms with Crippen molar-refractivity contribution in [2.75, 3.05) is 18.4 Å². The number of Topliss-reactive ketones (excluding diaryl/α,β-unsaturated/α-hetero) is 2. The Hall–Kier alpha value is -1.68. The summed E-state index contributed by atoms with van der Waals surface area (Å²) in [5.74, 6) is 0.749. The molecule has 2 rings (SSSR count). The van der Waals surface area contributed by atoms with Crippen molar-refractivity contribution in [1.29, 1.82) is 0 Å². The Bertz CT molecular complexity index is 565. The van der Waals surface area contributed by atoms with E-state index in [2.05, 4.69) is 22.8 Å². The van der Waals surface area contributed by atoms with E-state index in [-0.39, 0.29) is 23.9 Å². The van der Waals surface area contributed by atoms with Crippen molar-refractivity contribution in [1.82, 2.24) is 5.32 Å². The van der Waals surface area contributed by atoms with Gasteiger partial charge in [0.1, 0.15) is 5.78 Å². The molecule has 0 saturated carbocycles. The van der Waals surface area contributed by atoms with Crippen LogP contribution in [0.15, 0.2) is 24.3 Å². The number of hydrogen-bond donors (Lipinski definition) is 2. The molecule has 1 aromatic carbocycles. The molecule has 4 nitrogen and oxygen atoms in total. The summed E-state index contributed by atoms with van der Waals surface area (Å²) in [6.07, 6.45) is 3.37. The molecule has 0 radical (unpaired) electrons. The highest BCUT2D eigenvalue weighted by atomic mass is 16.1. The van der Waals surface area contributed by atoms with Crippen molar-refractivity contribution in [3.05, 3.63) is 29.8 Å². The van der Waals surface area contributed by atoms with Gasteiger partial charge in [-0.15, -0.1) is 0 Å². The minimum Gasteiger partial charge on any atom is -0.375 e. The van der Waals surface area contributed by atoms with E-state index in [9.17, 15) is 9.59 Å². The van der Waals surface area contributed by atoms with Crippen LogP contribution in [-0.2, 0) is 9.59 Å². The first-order valence-electron chi connectivity index (χ1n) is 9.11. The monoisotopic (exact) mass is 330 g/mol. The maximum atomic E-state index is 12.2. The molecule has 0 aliphatic carbocycles. The lowest BCUT2D eigenvalue weighted by molar-refractivity contribution is -0.126. The fourth-order valence-electron chi connectivity index (χ4n) is 3.17. The van der Waals surface area contributed by atoms with E-state index in [0.29, 0.717) is 5.92 Å². The third kappa shape index (κ3) is 5.17. The Labute approximate surface area is 145 Å². The topological polar surface area (TPSA) is 58.2 Å². The molecule has 1 aromatic rings. The second kappa shape index (κ2) is 8.97. The van der Waals surface area contributed by atoms with Crippen LogP contribution >= 0.6 is 0 Å². The van der Waals surface area contributed by atoms with Gasteiger partial charge in [-0.05, 0) is 62.9 Å². The Balaban J connectivity index is 2.06. The molecule has 24 heavy (non-hydrogen) atoms. The molecule has 0 aromatic heterocycles. The minimum atomic E-state index is -0.435. The molecule has 1 heterocycles. The molecule has 2 atom stereocenters. The van der Waals surface area contributed by atoms with Crippen molar-refractivity contribution >= 4 is 17.3 Å². The second-order valence-corrected chi connectivity index (χ2v) is 6.94. The molecule has 0 spiro atoms. The highest BCUT2D eigenvalue weighted by Gasteiger charge is 2.22. The van der Waals surface area contributed by atoms with E-state index in [0.717, 1.165) is 38.0 Å². The van der Waals surface area contributed by atoms with E-state index < -0.39 is 6.04 Å². The Morgan fingerprint density at radius 3 is 2.62 bits per heavy atom. The van der Waals surface area contributed by atoms with Crippen LogP contribution in [0.3, 0.4) is 0 Å². The van der Waals surface area contributed by atoms with Crippen LogP contribution in [-0.4, -0.2) is 30.7 Å². The molecule has 4 heteroatoms. The first-order valence-corrected chi connectivity index (χ1v) is 9.11. The molecular formula is C20H30N2O2. The van der Waals surface area contributed by atoms with Gasteiger partial charge in [-0.25, -0.2) is 0 Å². The fraction of sp³-hybridized carbons (Fsp3) is 0.600. The van der Waals surface area contributed by atoms with Crippen LogP contribution in [0.5, 0.6) is 0 Å². The number of ketones is 2. The van der Waals surface area contributed by atoms with Gasteiger partial charge in [-0.2, -0.15) is 0 Å². The Morgan fingerprint density at radius 1 is 1.29 bits per heavy atom. The first-order chi connectivity index (χ1) is 11.5. The molecular weight excluding hydrogens is 300 g/mol. The number of anilines is 1. The quantitative estimate of drug-likeness (QED) is 0.765. The van der Waals surface area contributed by atoms with Gasteiger partial charge in [-0.3, -0.25) is 9.59 Å². The van der Waals surface area contributed by atoms with E-state index >= 15 is 0 Å². The molecule has 1 saturated heterocycles. The minimum absolute atomic E-state index is 0.00900. The smallest absolute Gasteiger partial charge is 0.152 e. The second-order valence-electron chi connectivity index (χ2n) is 6.94. The van der Waals surface area contributed by atoms with Gasteiger partial charge < -0.3 is 10.6 Å². The molecule has 1 aliphatic rings. The van der Waals surface area contributed by atoms with Crippen LogP contribution in [0.1, 0.15) is 57.9 Å². The summed E-state index contributed by atoms with van der Waals surface area (Å²) in [4.78, 5) is 24.2. The maximum Gasteiger partial charge on any atom is 0.152 e. The number of nitrogens with one attached hydrogen (secondary N) is 2. The number of benzene rings is 1. The average molecular weight is 330 g/mol. The summed E-state index contributed by atoms with van der Waals surface area (Å²) >= 11 is 0. The average Bonchev–Trinajstić information content (AvgIpc) is 2.61. The lowest BCUT2D eigenvalue weighted by Crippen LogP contribution is -2.32. The number of carbonyl (C=O) groups excluding carboxylic acids is 2. The zero-order chi connectivity index (χ0) is 17.5. The van der Waals surface area contributed by atoms with Crippen molar-refractivity contribution < 1.29 is 9.59 Å². The Morgan fingerprint density at radius 2 is 2.00 bits per heavy atom. The van der Waals surface area contributed by atoms with Crippen LogP contribution in [0.4, 0.5) is 5.69 Å².